The molecule has 0 saturated heterocycles. The second kappa shape index (κ2) is 13.6. The highest BCUT2D eigenvalue weighted by atomic mass is 32.1. The van der Waals surface area contributed by atoms with Crippen molar-refractivity contribution in [2.75, 3.05) is 43.7 Å². The molecule has 0 radical (unpaired) electrons. The van der Waals surface area contributed by atoms with E-state index in [-0.39, 0.29) is 19.8 Å². The van der Waals surface area contributed by atoms with Gasteiger partial charge in [0, 0.05) is 17.3 Å². The number of carbonyl (C=O) groups is 3. The van der Waals surface area contributed by atoms with E-state index >= 15 is 0 Å². The lowest BCUT2D eigenvalue weighted by Gasteiger charge is -2.31. The fourth-order valence-electron chi connectivity index (χ4n) is 1.58. The van der Waals surface area contributed by atoms with E-state index in [0.29, 0.717) is 17.3 Å². The van der Waals surface area contributed by atoms with Gasteiger partial charge in [0.2, 0.25) is 0 Å². The number of hydrogen-bond donors (Lipinski definition) is 4. The third-order valence-corrected chi connectivity index (χ3v) is 5.57. The monoisotopic (exact) mass is 442 g/mol. The van der Waals surface area contributed by atoms with Crippen LogP contribution in [0.5, 0.6) is 0 Å². The van der Waals surface area contributed by atoms with Gasteiger partial charge in [0.25, 0.3) is 0 Å². The van der Waals surface area contributed by atoms with Gasteiger partial charge in [-0.25, -0.2) is 0 Å². The molecule has 0 aliphatic rings. The number of hydrogen-bond acceptors (Lipinski definition) is 10. The highest BCUT2D eigenvalue weighted by Gasteiger charge is 2.36. The molecule has 0 amide bonds. The second-order valence-electron chi connectivity index (χ2n) is 6.73. The van der Waals surface area contributed by atoms with Crippen molar-refractivity contribution in [1.29, 1.82) is 0 Å². The molecule has 0 saturated carbocycles. The number of aliphatic hydroxyl groups excluding tert-OH is 1. The summed E-state index contributed by atoms with van der Waals surface area (Å²) >= 11 is 12.1. The van der Waals surface area contributed by atoms with Gasteiger partial charge in [-0.2, -0.15) is 37.9 Å². The molecular weight excluding hydrogens is 412 g/mol. The van der Waals surface area contributed by atoms with Crippen LogP contribution < -0.4 is 0 Å². The average Bonchev–Trinajstić information content (AvgIpc) is 2.70. The minimum atomic E-state index is -1.26. The molecule has 0 fully saturated rings. The van der Waals surface area contributed by atoms with E-state index in [1.54, 1.807) is 20.8 Å². The molecule has 158 valence electrons. The Morgan fingerprint density at radius 3 is 1.19 bits per heavy atom. The van der Waals surface area contributed by atoms with Gasteiger partial charge in [0.05, 0.1) is 29.8 Å². The maximum atomic E-state index is 11.9. The highest BCUT2D eigenvalue weighted by molar-refractivity contribution is 7.80. The van der Waals surface area contributed by atoms with Crippen LogP contribution in [0.25, 0.3) is 0 Å². The number of thiol groups is 3. The van der Waals surface area contributed by atoms with Crippen LogP contribution in [0.3, 0.4) is 0 Å². The lowest BCUT2D eigenvalue weighted by Crippen LogP contribution is -2.44. The van der Waals surface area contributed by atoms with Crippen LogP contribution in [-0.2, 0) is 28.6 Å². The summed E-state index contributed by atoms with van der Waals surface area (Å²) in [6.07, 6.45) is 0. The van der Waals surface area contributed by atoms with Crippen LogP contribution in [0.15, 0.2) is 0 Å². The SMILES string of the molecule is CC(CS)C(=O)OCC(CO)(COC(=O)C(C)CS)COC(=O)C(C)CS. The summed E-state index contributed by atoms with van der Waals surface area (Å²) in [5.41, 5.74) is -1.26. The van der Waals surface area contributed by atoms with E-state index in [0.717, 1.165) is 0 Å². The standard InChI is InChI=1S/C17H30O7S3/c1-11(4-25)14(19)22-8-17(7-18,9-23-15(20)12(2)5-26)10-24-16(21)13(3)6-27/h11-13,18,25-27H,4-10H2,1-3H3. The van der Waals surface area contributed by atoms with Crippen molar-refractivity contribution in [3.63, 3.8) is 0 Å². The predicted octanol–water partition coefficient (Wildman–Crippen LogP) is 1.29. The van der Waals surface area contributed by atoms with E-state index in [2.05, 4.69) is 37.9 Å². The first-order valence-corrected chi connectivity index (χ1v) is 10.5. The zero-order chi connectivity index (χ0) is 21.0. The molecule has 0 rings (SSSR count). The Bertz CT molecular complexity index is 423. The predicted molar refractivity (Wildman–Crippen MR) is 111 cm³/mol. The van der Waals surface area contributed by atoms with Crippen molar-refractivity contribution < 1.29 is 33.7 Å². The molecule has 0 heterocycles. The van der Waals surface area contributed by atoms with Crippen LogP contribution >= 0.6 is 37.9 Å². The third-order valence-electron chi connectivity index (χ3n) is 3.93. The van der Waals surface area contributed by atoms with Crippen molar-refractivity contribution in [3.8, 4) is 0 Å². The van der Waals surface area contributed by atoms with Crippen LogP contribution in [0.2, 0.25) is 0 Å². The van der Waals surface area contributed by atoms with Gasteiger partial charge in [-0.3, -0.25) is 14.4 Å². The van der Waals surface area contributed by atoms with E-state index in [4.69, 9.17) is 14.2 Å². The Kier molecular flexibility index (Phi) is 13.3. The van der Waals surface area contributed by atoms with Gasteiger partial charge < -0.3 is 19.3 Å². The van der Waals surface area contributed by atoms with Gasteiger partial charge >= 0.3 is 17.9 Å². The fraction of sp³-hybridized carbons (Fsp3) is 0.824. The minimum Gasteiger partial charge on any atom is -0.464 e. The van der Waals surface area contributed by atoms with Gasteiger partial charge in [0.1, 0.15) is 19.8 Å². The van der Waals surface area contributed by atoms with Crippen molar-refractivity contribution in [2.45, 2.75) is 20.8 Å². The van der Waals surface area contributed by atoms with E-state index in [1.807, 2.05) is 0 Å². The summed E-state index contributed by atoms with van der Waals surface area (Å²) < 4.78 is 15.7. The maximum absolute atomic E-state index is 11.9. The average molecular weight is 443 g/mol. The number of esters is 3. The van der Waals surface area contributed by atoms with Crippen LogP contribution in [0.1, 0.15) is 20.8 Å². The van der Waals surface area contributed by atoms with Crippen LogP contribution in [0.4, 0.5) is 0 Å². The Labute approximate surface area is 177 Å². The Hall–Kier alpha value is -0.580. The summed E-state index contributed by atoms with van der Waals surface area (Å²) in [6.45, 7) is 3.62. The summed E-state index contributed by atoms with van der Waals surface area (Å²) in [6, 6.07) is 0. The van der Waals surface area contributed by atoms with E-state index in [1.165, 1.54) is 0 Å². The molecule has 0 aromatic carbocycles. The summed E-state index contributed by atoms with van der Waals surface area (Å²) in [7, 11) is 0. The number of carbonyl (C=O) groups excluding carboxylic acids is 3. The topological polar surface area (TPSA) is 99.1 Å². The molecule has 0 aromatic heterocycles. The molecule has 3 unspecified atom stereocenters. The van der Waals surface area contributed by atoms with E-state index < -0.39 is 47.7 Å². The lowest BCUT2D eigenvalue weighted by atomic mass is 9.92. The Morgan fingerprint density at radius 2 is 1.00 bits per heavy atom. The minimum absolute atomic E-state index is 0.272. The molecule has 7 nitrogen and oxygen atoms in total. The Morgan fingerprint density at radius 1 is 0.741 bits per heavy atom. The zero-order valence-electron chi connectivity index (χ0n) is 15.9. The molecule has 0 bridgehead atoms. The summed E-state index contributed by atoms with van der Waals surface area (Å²) in [4.78, 5) is 35.8. The molecule has 0 aromatic rings. The summed E-state index contributed by atoms with van der Waals surface area (Å²) in [5, 5.41) is 9.88. The fourth-order valence-corrected chi connectivity index (χ4v) is 2.03. The molecule has 27 heavy (non-hydrogen) atoms. The quantitative estimate of drug-likeness (QED) is 0.194. The van der Waals surface area contributed by atoms with Crippen molar-refractivity contribution in [2.24, 2.45) is 23.2 Å². The first-order valence-electron chi connectivity index (χ1n) is 8.59. The molecule has 0 aliphatic carbocycles. The molecular formula is C17H30O7S3. The van der Waals surface area contributed by atoms with Crippen molar-refractivity contribution >= 4 is 55.8 Å². The molecule has 10 heteroatoms. The number of rotatable bonds is 13. The molecule has 1 N–H and O–H groups in total. The Balaban J connectivity index is 5.14. The smallest absolute Gasteiger partial charge is 0.309 e. The van der Waals surface area contributed by atoms with Gasteiger partial charge in [-0.1, -0.05) is 20.8 Å². The lowest BCUT2D eigenvalue weighted by molar-refractivity contribution is -0.169. The highest BCUT2D eigenvalue weighted by Crippen LogP contribution is 2.22. The normalized spacial score (nSPS) is 16.6. The largest absolute Gasteiger partial charge is 0.464 e. The molecule has 0 spiro atoms. The van der Waals surface area contributed by atoms with Crippen LogP contribution in [-0.4, -0.2) is 66.7 Å². The van der Waals surface area contributed by atoms with Gasteiger partial charge in [-0.15, -0.1) is 0 Å². The second-order valence-corrected chi connectivity index (χ2v) is 7.83. The summed E-state index contributed by atoms with van der Waals surface area (Å²) in [5.74, 6) is -1.95. The third kappa shape index (κ3) is 9.45. The first-order chi connectivity index (χ1) is 12.7. The molecule has 0 aliphatic heterocycles. The van der Waals surface area contributed by atoms with Gasteiger partial charge in [0.15, 0.2) is 0 Å². The van der Waals surface area contributed by atoms with Crippen molar-refractivity contribution in [3.05, 3.63) is 0 Å². The maximum Gasteiger partial charge on any atom is 0.309 e. The first kappa shape index (κ1) is 26.4. The molecule has 3 atom stereocenters. The zero-order valence-corrected chi connectivity index (χ0v) is 18.6. The number of aliphatic hydroxyl groups is 1. The van der Waals surface area contributed by atoms with Crippen molar-refractivity contribution in [1.82, 2.24) is 0 Å². The number of ether oxygens (including phenoxy) is 3. The van der Waals surface area contributed by atoms with Crippen LogP contribution in [0, 0.1) is 23.2 Å². The van der Waals surface area contributed by atoms with E-state index in [9.17, 15) is 19.5 Å². The van der Waals surface area contributed by atoms with Gasteiger partial charge in [-0.05, 0) is 0 Å².